The van der Waals surface area contributed by atoms with Crippen LogP contribution in [0.4, 0.5) is 5.13 Å². The highest BCUT2D eigenvalue weighted by molar-refractivity contribution is 8.00. The summed E-state index contributed by atoms with van der Waals surface area (Å²) in [6.07, 6.45) is 1.78. The molecule has 2 saturated heterocycles. The molecule has 268 valence electrons. The molecule has 3 aliphatic rings. The number of hydrogen-bond acceptors (Lipinski definition) is 14. The van der Waals surface area contributed by atoms with E-state index in [1.807, 2.05) is 0 Å². The van der Waals surface area contributed by atoms with Crippen LogP contribution >= 0.6 is 23.1 Å². The zero-order valence-electron chi connectivity index (χ0n) is 27.4. The van der Waals surface area contributed by atoms with E-state index in [1.54, 1.807) is 0 Å². The number of nitrogens with zero attached hydrogens (tertiary/aromatic N) is 4. The summed E-state index contributed by atoms with van der Waals surface area (Å²) in [4.78, 5) is 74.0. The van der Waals surface area contributed by atoms with Gasteiger partial charge in [-0.05, 0) is 32.9 Å². The van der Waals surface area contributed by atoms with E-state index in [1.165, 1.54) is 50.0 Å². The molecule has 7 N–H and O–H groups in total. The van der Waals surface area contributed by atoms with Gasteiger partial charge in [-0.25, -0.2) is 9.78 Å². The zero-order valence-corrected chi connectivity index (χ0v) is 29.1. The lowest BCUT2D eigenvalue weighted by Crippen LogP contribution is -2.72. The lowest BCUT2D eigenvalue weighted by Gasteiger charge is -2.51. The largest absolute Gasteiger partial charge is 0.543 e. The number of anilines is 1. The Kier molecular flexibility index (Phi) is 10.3. The van der Waals surface area contributed by atoms with Crippen LogP contribution in [0, 0.1) is 6.92 Å². The molecule has 50 heavy (non-hydrogen) atoms. The second kappa shape index (κ2) is 14.2. The first-order valence-electron chi connectivity index (χ1n) is 15.6. The predicted molar refractivity (Wildman–Crippen MR) is 179 cm³/mol. The number of thioether (sulfide) groups is 1. The molecule has 2 aromatic rings. The molecule has 0 saturated carbocycles. The number of aromatic hydroxyl groups is 2. The Morgan fingerprint density at radius 1 is 1.22 bits per heavy atom. The third-order valence-corrected chi connectivity index (χ3v) is 11.0. The van der Waals surface area contributed by atoms with Gasteiger partial charge in [0, 0.05) is 40.7 Å². The number of rotatable bonds is 13. The van der Waals surface area contributed by atoms with E-state index in [9.17, 15) is 44.4 Å². The number of thiazole rings is 1. The van der Waals surface area contributed by atoms with Gasteiger partial charge in [-0.3, -0.25) is 19.3 Å². The molecule has 1 aromatic heterocycles. The van der Waals surface area contributed by atoms with Gasteiger partial charge in [0.15, 0.2) is 22.3 Å². The molecule has 0 bridgehead atoms. The van der Waals surface area contributed by atoms with E-state index < -0.39 is 52.4 Å². The first-order chi connectivity index (χ1) is 23.5. The fourth-order valence-electron chi connectivity index (χ4n) is 6.11. The number of amides is 3. The number of β-lactam (4-membered cyclic amide) rings is 1. The van der Waals surface area contributed by atoms with Crippen molar-refractivity contribution in [1.29, 1.82) is 0 Å². The quantitative estimate of drug-likeness (QED) is 0.0499. The predicted octanol–water partition coefficient (Wildman–Crippen LogP) is -0.527. The fraction of sp³-hybridized carbons (Fsp3) is 0.452. The number of benzene rings is 1. The average molecular weight is 732 g/mol. The molecule has 0 spiro atoms. The maximum Gasteiger partial charge on any atom is 0.350 e. The number of carbonyl (C=O) groups excluding carboxylic acids is 4. The van der Waals surface area contributed by atoms with Crippen molar-refractivity contribution in [2.24, 2.45) is 5.16 Å². The van der Waals surface area contributed by atoms with Crippen molar-refractivity contribution >= 4 is 63.6 Å². The minimum Gasteiger partial charge on any atom is -0.543 e. The third-order valence-electron chi connectivity index (χ3n) is 8.95. The van der Waals surface area contributed by atoms with Crippen molar-refractivity contribution in [2.45, 2.75) is 50.6 Å². The van der Waals surface area contributed by atoms with Crippen molar-refractivity contribution in [1.82, 2.24) is 20.5 Å². The van der Waals surface area contributed by atoms with Crippen LogP contribution in [-0.2, 0) is 24.0 Å². The normalized spacial score (nSPS) is 20.2. The van der Waals surface area contributed by atoms with Gasteiger partial charge in [0.25, 0.3) is 17.7 Å². The third kappa shape index (κ3) is 7.19. The van der Waals surface area contributed by atoms with E-state index in [2.05, 4.69) is 20.8 Å². The van der Waals surface area contributed by atoms with Crippen LogP contribution in [0.3, 0.4) is 0 Å². The van der Waals surface area contributed by atoms with Crippen molar-refractivity contribution in [3.63, 3.8) is 0 Å². The minimum atomic E-state index is -1.80. The maximum atomic E-state index is 13.4. The van der Waals surface area contributed by atoms with Crippen LogP contribution in [0.25, 0.3) is 0 Å². The number of likely N-dealkylation sites (tertiary alicyclic amines) is 1. The number of oxime groups is 1. The number of carbonyl (C=O) groups is 5. The number of carboxylic acids is 2. The van der Waals surface area contributed by atoms with Crippen LogP contribution in [-0.4, -0.2) is 121 Å². The molecule has 17 nitrogen and oxygen atoms in total. The molecule has 5 rings (SSSR count). The highest BCUT2D eigenvalue weighted by atomic mass is 32.2. The van der Waals surface area contributed by atoms with Crippen LogP contribution in [0.15, 0.2) is 33.9 Å². The van der Waals surface area contributed by atoms with Gasteiger partial charge in [0.05, 0.1) is 37.8 Å². The highest BCUT2D eigenvalue weighted by Crippen LogP contribution is 2.41. The summed E-state index contributed by atoms with van der Waals surface area (Å²) in [6.45, 7) is 6.47. The number of phenolic OH excluding ortho intramolecular Hbond substituents is 2. The van der Waals surface area contributed by atoms with E-state index in [0.29, 0.717) is 23.1 Å². The molecule has 1 aromatic carbocycles. The summed E-state index contributed by atoms with van der Waals surface area (Å²) < 4.78 is 0.475. The molecular weight excluding hydrogens is 695 g/mol. The van der Waals surface area contributed by atoms with Crippen LogP contribution in [0.2, 0.25) is 0 Å². The van der Waals surface area contributed by atoms with E-state index in [-0.39, 0.29) is 51.4 Å². The van der Waals surface area contributed by atoms with Gasteiger partial charge in [-0.1, -0.05) is 5.16 Å². The molecule has 0 aliphatic carbocycles. The van der Waals surface area contributed by atoms with E-state index in [0.717, 1.165) is 42.2 Å². The Morgan fingerprint density at radius 2 is 1.92 bits per heavy atom. The molecule has 0 radical (unpaired) electrons. The molecule has 19 heteroatoms. The van der Waals surface area contributed by atoms with Gasteiger partial charge in [0.1, 0.15) is 23.7 Å². The number of phenols is 2. The maximum absolute atomic E-state index is 13.4. The smallest absolute Gasteiger partial charge is 0.350 e. The SMILES string of the molecule is Cc1c(C(=O)NCC[N+]2(CC3=C(C(=O)[O-])N4C(=O)[C@@H](NC(=O)/C(=N\OC(C)(C)C(=O)O)c5csc(N)n5)[C@H]4SC3)CCCC2)ccc(O)c1O. The summed E-state index contributed by atoms with van der Waals surface area (Å²) >= 11 is 2.28. The second-order valence-electron chi connectivity index (χ2n) is 12.8. The van der Waals surface area contributed by atoms with E-state index in [4.69, 9.17) is 10.6 Å². The first kappa shape index (κ1) is 36.4. The number of nitrogen functional groups attached to an aromatic ring is 1. The summed E-state index contributed by atoms with van der Waals surface area (Å²) in [5.74, 6) is -5.33. The van der Waals surface area contributed by atoms with Gasteiger partial charge < -0.3 is 50.9 Å². The van der Waals surface area contributed by atoms with Crippen LogP contribution in [0.5, 0.6) is 11.5 Å². The Bertz CT molecular complexity index is 1800. The number of nitrogens with two attached hydrogens (primary N) is 1. The van der Waals surface area contributed by atoms with Crippen LogP contribution < -0.4 is 21.5 Å². The van der Waals surface area contributed by atoms with Gasteiger partial charge in [-0.2, -0.15) is 0 Å². The summed E-state index contributed by atoms with van der Waals surface area (Å²) in [5, 5.41) is 51.5. The molecule has 4 heterocycles. The highest BCUT2D eigenvalue weighted by Gasteiger charge is 2.54. The van der Waals surface area contributed by atoms with Crippen molar-refractivity contribution in [3.8, 4) is 11.5 Å². The minimum absolute atomic E-state index is 0.00381. The number of aliphatic carboxylic acids is 2. The standard InChI is InChI=1S/C31H37N7O10S2/c1-15-17(6-7-19(39)23(15)40)24(41)33-8-11-38(9-4-5-10-38)12-16-13-49-27-21(26(43)37(27)22(16)28(44)45)35-25(42)20(18-14-50-30(32)34-18)36-48-31(2,3)29(46)47/h6-7,14,21,27H,4-5,8-13H2,1-3H3,(H7-,32,33,34,35,36,39,40,41,42,44,45,46,47)/t21-,27-/m1/s1. The Hall–Kier alpha value is -4.88. The molecular formula is C31H37N7O10S2. The number of carboxylic acid groups (broad SMARTS) is 2. The molecule has 3 aliphatic heterocycles. The number of fused-ring (bicyclic) bond motifs is 1. The average Bonchev–Trinajstić information content (AvgIpc) is 3.71. The number of aromatic nitrogens is 1. The zero-order chi connectivity index (χ0) is 36.5. The van der Waals surface area contributed by atoms with Gasteiger partial charge in [-0.15, -0.1) is 23.1 Å². The molecule has 3 amide bonds. The monoisotopic (exact) mass is 731 g/mol. The number of hydrogen-bond donors (Lipinski definition) is 6. The number of quaternary nitrogens is 1. The van der Waals surface area contributed by atoms with Crippen LogP contribution in [0.1, 0.15) is 48.3 Å². The van der Waals surface area contributed by atoms with Gasteiger partial charge >= 0.3 is 5.97 Å². The fourth-order valence-corrected chi connectivity index (χ4v) is 7.99. The first-order valence-corrected chi connectivity index (χ1v) is 17.5. The Balaban J connectivity index is 1.29. The van der Waals surface area contributed by atoms with Crippen molar-refractivity contribution in [3.05, 3.63) is 45.6 Å². The Labute approximate surface area is 294 Å². The Morgan fingerprint density at radius 3 is 2.54 bits per heavy atom. The van der Waals surface area contributed by atoms with E-state index >= 15 is 0 Å². The summed E-state index contributed by atoms with van der Waals surface area (Å²) in [7, 11) is 0. The summed E-state index contributed by atoms with van der Waals surface area (Å²) in [5.41, 5.74) is 4.21. The molecule has 0 unspecified atom stereocenters. The molecule has 2 atom stereocenters. The molecule has 2 fully saturated rings. The lowest BCUT2D eigenvalue weighted by atomic mass is 10.0. The van der Waals surface area contributed by atoms with Crippen molar-refractivity contribution < 1.29 is 53.7 Å². The second-order valence-corrected chi connectivity index (χ2v) is 14.8. The lowest BCUT2D eigenvalue weighted by molar-refractivity contribution is -0.911. The topological polar surface area (TPSA) is 257 Å². The van der Waals surface area contributed by atoms with Gasteiger partial charge in [0.2, 0.25) is 5.60 Å². The van der Waals surface area contributed by atoms with Crippen molar-refractivity contribution in [2.75, 3.05) is 44.2 Å². The summed E-state index contributed by atoms with van der Waals surface area (Å²) in [6, 6.07) is 1.52. The number of nitrogens with one attached hydrogen (secondary N) is 2.